The van der Waals surface area contributed by atoms with Gasteiger partial charge in [-0.3, -0.25) is 4.79 Å². The molecular weight excluding hydrogens is 335 g/mol. The van der Waals surface area contributed by atoms with Crippen molar-refractivity contribution in [2.24, 2.45) is 5.10 Å². The molecule has 2 aromatic carbocycles. The van der Waals surface area contributed by atoms with Gasteiger partial charge in [-0.1, -0.05) is 40.9 Å². The van der Waals surface area contributed by atoms with Gasteiger partial charge in [-0.25, -0.2) is 5.43 Å². The molecule has 4 nitrogen and oxygen atoms in total. The van der Waals surface area contributed by atoms with Crippen molar-refractivity contribution >= 4 is 46.9 Å². The van der Waals surface area contributed by atoms with Crippen molar-refractivity contribution in [2.45, 2.75) is 0 Å². The first kappa shape index (κ1) is 15.6. The Labute approximate surface area is 135 Å². The Morgan fingerprint density at radius 2 is 1.90 bits per heavy atom. The lowest BCUT2D eigenvalue weighted by molar-refractivity contribution is 0.0955. The molecule has 21 heavy (non-hydrogen) atoms. The van der Waals surface area contributed by atoms with E-state index in [1.807, 2.05) is 0 Å². The number of carbonyl (C=O) groups excluding carboxylic acids is 1. The van der Waals surface area contributed by atoms with Crippen LogP contribution >= 0.6 is 34.8 Å². The highest BCUT2D eigenvalue weighted by atomic mass is 35.5. The third-order valence-corrected chi connectivity index (χ3v) is 3.26. The molecule has 2 aromatic rings. The van der Waals surface area contributed by atoms with Crippen LogP contribution in [0.3, 0.4) is 0 Å². The van der Waals surface area contributed by atoms with E-state index in [-0.39, 0.29) is 10.8 Å². The van der Waals surface area contributed by atoms with Crippen LogP contribution in [0.1, 0.15) is 15.9 Å². The minimum atomic E-state index is -0.429. The lowest BCUT2D eigenvalue weighted by Gasteiger charge is -2.03. The topological polar surface area (TPSA) is 61.7 Å². The molecule has 0 saturated heterocycles. The number of benzene rings is 2. The van der Waals surface area contributed by atoms with E-state index in [1.54, 1.807) is 18.2 Å². The van der Waals surface area contributed by atoms with Crippen molar-refractivity contribution in [1.29, 1.82) is 0 Å². The fraction of sp³-hybridized carbons (Fsp3) is 0. The van der Waals surface area contributed by atoms with Crippen molar-refractivity contribution < 1.29 is 9.90 Å². The van der Waals surface area contributed by atoms with Crippen LogP contribution in [0, 0.1) is 0 Å². The van der Waals surface area contributed by atoms with E-state index in [1.165, 1.54) is 24.4 Å². The quantitative estimate of drug-likeness (QED) is 0.650. The smallest absolute Gasteiger partial charge is 0.271 e. The van der Waals surface area contributed by atoms with Crippen LogP contribution in [0.2, 0.25) is 15.1 Å². The molecule has 1 amide bonds. The third kappa shape index (κ3) is 4.11. The van der Waals surface area contributed by atoms with Crippen LogP contribution in [-0.4, -0.2) is 17.2 Å². The minimum absolute atomic E-state index is 0.102. The van der Waals surface area contributed by atoms with E-state index in [4.69, 9.17) is 34.8 Å². The van der Waals surface area contributed by atoms with E-state index >= 15 is 0 Å². The average Bonchev–Trinajstić information content (AvgIpc) is 2.43. The summed E-state index contributed by atoms with van der Waals surface area (Å²) in [6.45, 7) is 0. The van der Waals surface area contributed by atoms with Gasteiger partial charge in [-0.05, 0) is 30.3 Å². The third-order valence-electron chi connectivity index (χ3n) is 2.51. The highest BCUT2D eigenvalue weighted by Gasteiger charge is 2.07. The second-order valence-corrected chi connectivity index (χ2v) is 5.31. The lowest BCUT2D eigenvalue weighted by Crippen LogP contribution is -2.17. The molecule has 0 saturated carbocycles. The Hall–Kier alpha value is -1.75. The molecule has 0 aromatic heterocycles. The molecule has 0 radical (unpaired) electrons. The Bertz CT molecular complexity index is 717. The van der Waals surface area contributed by atoms with Gasteiger partial charge in [0.05, 0.1) is 11.2 Å². The van der Waals surface area contributed by atoms with Crippen molar-refractivity contribution in [3.05, 3.63) is 62.6 Å². The zero-order valence-electron chi connectivity index (χ0n) is 10.5. The summed E-state index contributed by atoms with van der Waals surface area (Å²) in [5.41, 5.74) is 2.97. The number of phenolic OH excluding ortho intramolecular Hbond substituents is 1. The first-order valence-electron chi connectivity index (χ1n) is 5.74. The molecule has 0 spiro atoms. The summed E-state index contributed by atoms with van der Waals surface area (Å²) in [6, 6.07) is 9.31. The van der Waals surface area contributed by atoms with Crippen LogP contribution in [-0.2, 0) is 0 Å². The normalized spacial score (nSPS) is 10.8. The summed E-state index contributed by atoms with van der Waals surface area (Å²) in [4.78, 5) is 11.8. The number of phenols is 1. The maximum absolute atomic E-state index is 11.8. The summed E-state index contributed by atoms with van der Waals surface area (Å²) < 4.78 is 0. The maximum Gasteiger partial charge on any atom is 0.271 e. The Morgan fingerprint density at radius 1 is 1.14 bits per heavy atom. The molecule has 0 heterocycles. The summed E-state index contributed by atoms with van der Waals surface area (Å²) in [5.74, 6) is -0.594. The van der Waals surface area contributed by atoms with Crippen LogP contribution < -0.4 is 5.43 Å². The van der Waals surface area contributed by atoms with Crippen LogP contribution in [0.25, 0.3) is 0 Å². The number of hydrogen-bond acceptors (Lipinski definition) is 3. The molecule has 0 bridgehead atoms. The molecule has 0 aliphatic carbocycles. The number of hydrogen-bond donors (Lipinski definition) is 2. The molecule has 2 rings (SSSR count). The number of halogens is 3. The molecule has 108 valence electrons. The molecule has 2 N–H and O–H groups in total. The summed E-state index contributed by atoms with van der Waals surface area (Å²) in [7, 11) is 0. The number of aromatic hydroxyl groups is 1. The zero-order valence-corrected chi connectivity index (χ0v) is 12.7. The van der Waals surface area contributed by atoms with Crippen molar-refractivity contribution in [2.75, 3.05) is 0 Å². The Balaban J connectivity index is 2.11. The van der Waals surface area contributed by atoms with Gasteiger partial charge < -0.3 is 5.11 Å². The van der Waals surface area contributed by atoms with Gasteiger partial charge in [0.15, 0.2) is 0 Å². The number of nitrogens with one attached hydrogen (secondary N) is 1. The van der Waals surface area contributed by atoms with Crippen molar-refractivity contribution in [1.82, 2.24) is 5.43 Å². The second-order valence-electron chi connectivity index (χ2n) is 4.03. The number of rotatable bonds is 3. The molecule has 0 aliphatic heterocycles. The monoisotopic (exact) mass is 342 g/mol. The van der Waals surface area contributed by atoms with E-state index in [2.05, 4.69) is 10.5 Å². The first-order valence-corrected chi connectivity index (χ1v) is 6.88. The number of amides is 1. The fourth-order valence-electron chi connectivity index (χ4n) is 1.54. The van der Waals surface area contributed by atoms with Gasteiger partial charge in [0.2, 0.25) is 0 Å². The average molecular weight is 344 g/mol. The van der Waals surface area contributed by atoms with Gasteiger partial charge in [0.1, 0.15) is 5.75 Å². The molecular formula is C14H9Cl3N2O2. The van der Waals surface area contributed by atoms with E-state index in [0.717, 1.165) is 0 Å². The molecule has 0 aliphatic rings. The maximum atomic E-state index is 11.8. The van der Waals surface area contributed by atoms with Crippen molar-refractivity contribution in [3.63, 3.8) is 0 Å². The van der Waals surface area contributed by atoms with Crippen LogP contribution in [0.4, 0.5) is 0 Å². The molecule has 0 atom stereocenters. The number of carbonyl (C=O) groups is 1. The first-order chi connectivity index (χ1) is 9.97. The molecule has 0 unspecified atom stereocenters. The van der Waals surface area contributed by atoms with Crippen LogP contribution in [0.5, 0.6) is 5.75 Å². The van der Waals surface area contributed by atoms with E-state index < -0.39 is 5.91 Å². The van der Waals surface area contributed by atoms with Gasteiger partial charge in [-0.2, -0.15) is 5.10 Å². The number of hydrazone groups is 1. The van der Waals surface area contributed by atoms with Gasteiger partial charge >= 0.3 is 0 Å². The highest BCUT2D eigenvalue weighted by molar-refractivity contribution is 6.36. The Morgan fingerprint density at radius 3 is 2.62 bits per heavy atom. The van der Waals surface area contributed by atoms with Gasteiger partial charge in [0.25, 0.3) is 5.91 Å². The molecule has 0 fully saturated rings. The fourth-order valence-corrected chi connectivity index (χ4v) is 2.24. The standard InChI is InChI=1S/C14H9Cl3N2O2/c15-10-3-1-2-8(4-10)14(21)19-18-7-9-5-11(16)6-12(17)13(9)20/h1-7,20H,(H,19,21). The predicted octanol–water partition coefficient (Wildman–Crippen LogP) is 4.12. The van der Waals surface area contributed by atoms with Gasteiger partial charge in [-0.15, -0.1) is 0 Å². The van der Waals surface area contributed by atoms with Gasteiger partial charge in [0, 0.05) is 21.2 Å². The number of nitrogens with zero attached hydrogens (tertiary/aromatic N) is 1. The van der Waals surface area contributed by atoms with E-state index in [0.29, 0.717) is 21.2 Å². The zero-order chi connectivity index (χ0) is 15.4. The lowest BCUT2D eigenvalue weighted by atomic mass is 10.2. The van der Waals surface area contributed by atoms with Crippen molar-refractivity contribution in [3.8, 4) is 5.75 Å². The summed E-state index contributed by atoms with van der Waals surface area (Å²) >= 11 is 17.4. The molecule has 7 heteroatoms. The second kappa shape index (κ2) is 6.80. The van der Waals surface area contributed by atoms with Crippen LogP contribution in [0.15, 0.2) is 41.5 Å². The summed E-state index contributed by atoms with van der Waals surface area (Å²) in [6.07, 6.45) is 1.25. The SMILES string of the molecule is O=C(NN=Cc1cc(Cl)cc(Cl)c1O)c1cccc(Cl)c1. The van der Waals surface area contributed by atoms with E-state index in [9.17, 15) is 9.90 Å². The Kier molecular flexibility index (Phi) is 5.07. The minimum Gasteiger partial charge on any atom is -0.506 e. The summed E-state index contributed by atoms with van der Waals surface area (Å²) in [5, 5.41) is 14.4. The largest absolute Gasteiger partial charge is 0.506 e. The highest BCUT2D eigenvalue weighted by Crippen LogP contribution is 2.29. The predicted molar refractivity (Wildman–Crippen MR) is 84.6 cm³/mol.